The second kappa shape index (κ2) is 7.08. The number of carbonyl (C=O) groups excluding carboxylic acids is 1. The molecule has 3 heterocycles. The number of anilines is 1. The molecule has 2 aliphatic rings. The van der Waals surface area contributed by atoms with E-state index in [0.29, 0.717) is 36.5 Å². The first-order valence-corrected chi connectivity index (χ1v) is 9.74. The van der Waals surface area contributed by atoms with E-state index in [1.54, 1.807) is 18.3 Å². The Bertz CT molecular complexity index is 868. The molecule has 0 radical (unpaired) electrons. The second-order valence-corrected chi connectivity index (χ2v) is 8.29. The second-order valence-electron chi connectivity index (χ2n) is 8.29. The number of rotatable bonds is 3. The van der Waals surface area contributed by atoms with Gasteiger partial charge in [-0.25, -0.2) is 9.37 Å². The fraction of sp³-hybridized carbons (Fsp3) is 0.455. The number of halogens is 1. The van der Waals surface area contributed by atoms with Crippen molar-refractivity contribution in [2.24, 2.45) is 5.92 Å². The Morgan fingerprint density at radius 2 is 2.00 bits per heavy atom. The first-order chi connectivity index (χ1) is 13.4. The van der Waals surface area contributed by atoms with Gasteiger partial charge >= 0.3 is 0 Å². The topological polar surface area (TPSA) is 45.7 Å². The fourth-order valence-corrected chi connectivity index (χ4v) is 4.96. The zero-order valence-electron chi connectivity index (χ0n) is 16.6. The minimum absolute atomic E-state index is 0.0264. The van der Waals surface area contributed by atoms with Gasteiger partial charge in [0.15, 0.2) is 0 Å². The lowest BCUT2D eigenvalue weighted by atomic mass is 9.89. The smallest absolute Gasteiger partial charge is 0.259 e. The van der Waals surface area contributed by atoms with Crippen LogP contribution in [0.3, 0.4) is 0 Å². The molecule has 1 aromatic heterocycles. The summed E-state index contributed by atoms with van der Waals surface area (Å²) in [4.78, 5) is 21.6. The molecule has 0 spiro atoms. The van der Waals surface area contributed by atoms with Crippen LogP contribution in [0, 0.1) is 11.7 Å². The maximum atomic E-state index is 13.4. The highest BCUT2D eigenvalue weighted by molar-refractivity contribution is 5.96. The van der Waals surface area contributed by atoms with Gasteiger partial charge in [-0.15, -0.1) is 0 Å². The van der Waals surface area contributed by atoms with Gasteiger partial charge in [0.25, 0.3) is 5.91 Å². The third kappa shape index (κ3) is 3.21. The van der Waals surface area contributed by atoms with Gasteiger partial charge in [-0.3, -0.25) is 4.79 Å². The van der Waals surface area contributed by atoms with Crippen molar-refractivity contribution in [1.29, 1.82) is 0 Å². The van der Waals surface area contributed by atoms with Gasteiger partial charge in [0.1, 0.15) is 11.4 Å². The van der Waals surface area contributed by atoms with Gasteiger partial charge in [-0.1, -0.05) is 0 Å². The molecular formula is C22H26FN3O2. The number of ether oxygens (including phenoxy) is 1. The molecule has 2 aliphatic heterocycles. The van der Waals surface area contributed by atoms with Crippen LogP contribution >= 0.6 is 0 Å². The van der Waals surface area contributed by atoms with E-state index in [1.807, 2.05) is 17.0 Å². The summed E-state index contributed by atoms with van der Waals surface area (Å²) in [5.41, 5.74) is 1.52. The molecule has 2 aromatic rings. The van der Waals surface area contributed by atoms with E-state index in [0.717, 1.165) is 18.5 Å². The largest absolute Gasteiger partial charge is 0.480 e. The van der Waals surface area contributed by atoms with Gasteiger partial charge in [0, 0.05) is 36.6 Å². The van der Waals surface area contributed by atoms with Crippen molar-refractivity contribution in [3.8, 4) is 5.88 Å². The number of pyridine rings is 1. The SMILES string of the molecule is COc1ncccc1C(=O)N1CC[C@H]2[C@@H](C1)CC(C)(C)N2c1ccc(F)cc1. The highest BCUT2D eigenvalue weighted by Crippen LogP contribution is 2.44. The van der Waals surface area contributed by atoms with Crippen LogP contribution in [0.5, 0.6) is 5.88 Å². The highest BCUT2D eigenvalue weighted by atomic mass is 19.1. The number of fused-ring (bicyclic) bond motifs is 1. The summed E-state index contributed by atoms with van der Waals surface area (Å²) in [6.07, 6.45) is 3.50. The summed E-state index contributed by atoms with van der Waals surface area (Å²) < 4.78 is 18.6. The average Bonchev–Trinajstić information content (AvgIpc) is 2.97. The Balaban J connectivity index is 1.55. The van der Waals surface area contributed by atoms with E-state index in [4.69, 9.17) is 4.74 Å². The van der Waals surface area contributed by atoms with E-state index >= 15 is 0 Å². The van der Waals surface area contributed by atoms with E-state index < -0.39 is 0 Å². The van der Waals surface area contributed by atoms with Crippen LogP contribution < -0.4 is 9.64 Å². The Morgan fingerprint density at radius 1 is 1.25 bits per heavy atom. The van der Waals surface area contributed by atoms with E-state index in [1.165, 1.54) is 19.2 Å². The average molecular weight is 383 g/mol. The van der Waals surface area contributed by atoms with Gasteiger partial charge < -0.3 is 14.5 Å². The van der Waals surface area contributed by atoms with Gasteiger partial charge in [-0.05, 0) is 69.0 Å². The van der Waals surface area contributed by atoms with Crippen molar-refractivity contribution < 1.29 is 13.9 Å². The van der Waals surface area contributed by atoms with Crippen molar-refractivity contribution >= 4 is 11.6 Å². The first-order valence-electron chi connectivity index (χ1n) is 9.74. The lowest BCUT2D eigenvalue weighted by Gasteiger charge is -2.42. The molecule has 2 fully saturated rings. The van der Waals surface area contributed by atoms with Crippen LogP contribution in [0.2, 0.25) is 0 Å². The van der Waals surface area contributed by atoms with Crippen molar-refractivity contribution in [2.75, 3.05) is 25.1 Å². The van der Waals surface area contributed by atoms with Crippen molar-refractivity contribution in [2.45, 2.75) is 38.3 Å². The molecule has 0 bridgehead atoms. The third-order valence-corrected chi connectivity index (χ3v) is 6.03. The molecular weight excluding hydrogens is 357 g/mol. The highest BCUT2D eigenvalue weighted by Gasteiger charge is 2.48. The van der Waals surface area contributed by atoms with Crippen LogP contribution in [-0.2, 0) is 0 Å². The molecule has 6 heteroatoms. The normalized spacial score (nSPS) is 23.4. The molecule has 0 aliphatic carbocycles. The number of aromatic nitrogens is 1. The Morgan fingerprint density at radius 3 is 2.71 bits per heavy atom. The Hall–Kier alpha value is -2.63. The summed E-state index contributed by atoms with van der Waals surface area (Å²) in [5.74, 6) is 0.499. The van der Waals surface area contributed by atoms with E-state index in [-0.39, 0.29) is 17.3 Å². The molecule has 28 heavy (non-hydrogen) atoms. The van der Waals surface area contributed by atoms with Crippen LogP contribution in [0.1, 0.15) is 37.0 Å². The monoisotopic (exact) mass is 383 g/mol. The third-order valence-electron chi connectivity index (χ3n) is 6.03. The standard InChI is InChI=1S/C22H26FN3O2/c1-22(2)13-15-14-25(21(27)18-5-4-11-24-20(18)28-3)12-10-19(15)26(22)17-8-6-16(23)7-9-17/h4-9,11,15,19H,10,12-14H2,1-3H3/t15-,19+/m1/s1. The number of methoxy groups -OCH3 is 1. The molecule has 0 unspecified atom stereocenters. The lowest BCUT2D eigenvalue weighted by Crippen LogP contribution is -2.50. The van der Waals surface area contributed by atoms with Crippen LogP contribution in [-0.4, -0.2) is 47.6 Å². The number of likely N-dealkylation sites (tertiary alicyclic amines) is 1. The number of carbonyl (C=O) groups is 1. The number of hydrogen-bond donors (Lipinski definition) is 0. The molecule has 4 rings (SSSR count). The molecule has 0 saturated carbocycles. The fourth-order valence-electron chi connectivity index (χ4n) is 4.96. The van der Waals surface area contributed by atoms with Crippen molar-refractivity contribution in [3.05, 3.63) is 54.0 Å². The summed E-state index contributed by atoms with van der Waals surface area (Å²) in [6.45, 7) is 5.85. The number of nitrogens with zero attached hydrogens (tertiary/aromatic N) is 3. The zero-order chi connectivity index (χ0) is 19.9. The van der Waals surface area contributed by atoms with Crippen molar-refractivity contribution in [3.63, 3.8) is 0 Å². The van der Waals surface area contributed by atoms with E-state index in [9.17, 15) is 9.18 Å². The minimum atomic E-state index is -0.219. The summed E-state index contributed by atoms with van der Waals surface area (Å²) in [6, 6.07) is 10.6. The maximum absolute atomic E-state index is 13.4. The predicted octanol–water partition coefficient (Wildman–Crippen LogP) is 3.75. The van der Waals surface area contributed by atoms with Crippen molar-refractivity contribution in [1.82, 2.24) is 9.88 Å². The Kier molecular flexibility index (Phi) is 4.73. The summed E-state index contributed by atoms with van der Waals surface area (Å²) in [7, 11) is 1.53. The van der Waals surface area contributed by atoms with Gasteiger partial charge in [0.2, 0.25) is 5.88 Å². The molecule has 1 amide bonds. The molecule has 1 aromatic carbocycles. The van der Waals surface area contributed by atoms with Crippen LogP contribution in [0.4, 0.5) is 10.1 Å². The number of amides is 1. The maximum Gasteiger partial charge on any atom is 0.259 e. The number of piperidine rings is 1. The van der Waals surface area contributed by atoms with Crippen LogP contribution in [0.25, 0.3) is 0 Å². The molecule has 5 nitrogen and oxygen atoms in total. The molecule has 148 valence electrons. The predicted molar refractivity (Wildman–Crippen MR) is 106 cm³/mol. The molecule has 2 saturated heterocycles. The number of benzene rings is 1. The quantitative estimate of drug-likeness (QED) is 0.810. The van der Waals surface area contributed by atoms with Crippen LogP contribution in [0.15, 0.2) is 42.6 Å². The number of hydrogen-bond acceptors (Lipinski definition) is 4. The molecule has 2 atom stereocenters. The Labute approximate surface area is 165 Å². The molecule has 0 N–H and O–H groups in total. The zero-order valence-corrected chi connectivity index (χ0v) is 16.6. The summed E-state index contributed by atoms with van der Waals surface area (Å²) >= 11 is 0. The first kappa shape index (κ1) is 18.7. The minimum Gasteiger partial charge on any atom is -0.480 e. The van der Waals surface area contributed by atoms with E-state index in [2.05, 4.69) is 23.7 Å². The summed E-state index contributed by atoms with van der Waals surface area (Å²) in [5, 5.41) is 0. The van der Waals surface area contributed by atoms with Gasteiger partial charge in [-0.2, -0.15) is 0 Å². The van der Waals surface area contributed by atoms with Gasteiger partial charge in [0.05, 0.1) is 7.11 Å². The lowest BCUT2D eigenvalue weighted by molar-refractivity contribution is 0.0663.